The fourth-order valence-corrected chi connectivity index (χ4v) is 1.93. The van der Waals surface area contributed by atoms with E-state index in [0.717, 1.165) is 12.8 Å². The van der Waals surface area contributed by atoms with Crippen LogP contribution >= 0.6 is 31.9 Å². The van der Waals surface area contributed by atoms with Crippen molar-refractivity contribution in [2.75, 3.05) is 0 Å². The van der Waals surface area contributed by atoms with Crippen LogP contribution in [0.5, 0.6) is 0 Å². The molecule has 0 heterocycles. The summed E-state index contributed by atoms with van der Waals surface area (Å²) in [7, 11) is 0. The van der Waals surface area contributed by atoms with Crippen molar-refractivity contribution < 1.29 is 0 Å². The van der Waals surface area contributed by atoms with E-state index in [-0.39, 0.29) is 3.23 Å². The minimum absolute atomic E-state index is 0.108. The van der Waals surface area contributed by atoms with E-state index in [1.54, 1.807) is 0 Å². The number of hydrogen-bond acceptors (Lipinski definition) is 0. The highest BCUT2D eigenvalue weighted by Crippen LogP contribution is 2.35. The second-order valence-corrected chi connectivity index (χ2v) is 6.20. The fourth-order valence-electron chi connectivity index (χ4n) is 0.679. The van der Waals surface area contributed by atoms with Gasteiger partial charge in [-0.05, 0) is 12.8 Å². The molecule has 54 valence electrons. The lowest BCUT2D eigenvalue weighted by Gasteiger charge is -2.16. The maximum Gasteiger partial charge on any atom is 0.0839 e. The molecule has 0 aliphatic carbocycles. The van der Waals surface area contributed by atoms with Crippen LogP contribution in [-0.4, -0.2) is 3.23 Å². The summed E-state index contributed by atoms with van der Waals surface area (Å²) < 4.78 is 0.108. The minimum Gasteiger partial charge on any atom is -0.103 e. The first kappa shape index (κ1) is 9.70. The van der Waals surface area contributed by atoms with Gasteiger partial charge in [0.2, 0.25) is 0 Å². The van der Waals surface area contributed by atoms with Crippen LogP contribution in [0.3, 0.4) is 0 Å². The van der Waals surface area contributed by atoms with Crippen molar-refractivity contribution in [2.45, 2.75) is 29.4 Å². The summed E-state index contributed by atoms with van der Waals surface area (Å²) in [5, 5.41) is 0. The Balaban J connectivity index is 3.55. The van der Waals surface area contributed by atoms with Crippen molar-refractivity contribution in [3.8, 4) is 0 Å². The molecule has 0 N–H and O–H groups in total. The third kappa shape index (κ3) is 5.16. The van der Waals surface area contributed by atoms with Gasteiger partial charge in [0.15, 0.2) is 0 Å². The van der Waals surface area contributed by atoms with Crippen LogP contribution < -0.4 is 0 Å². The molecule has 0 saturated heterocycles. The highest BCUT2D eigenvalue weighted by Gasteiger charge is 2.18. The van der Waals surface area contributed by atoms with Gasteiger partial charge in [-0.1, -0.05) is 51.3 Å². The Morgan fingerprint density at radius 3 is 2.44 bits per heavy atom. The van der Waals surface area contributed by atoms with Gasteiger partial charge in [0.25, 0.3) is 0 Å². The fraction of sp³-hybridized carbons (Fsp3) is 0.714. The monoisotopic (exact) mass is 254 g/mol. The molecule has 0 aromatic heterocycles. The molecule has 0 rings (SSSR count). The van der Waals surface area contributed by atoms with E-state index in [4.69, 9.17) is 0 Å². The Labute approximate surface area is 74.0 Å². The molecular formula is C7H12Br2. The Hall–Kier alpha value is 0.700. The Morgan fingerprint density at radius 1 is 1.56 bits per heavy atom. The van der Waals surface area contributed by atoms with Crippen LogP contribution in [-0.2, 0) is 0 Å². The van der Waals surface area contributed by atoms with Crippen LogP contribution in [0.15, 0.2) is 12.7 Å². The second kappa shape index (κ2) is 4.51. The van der Waals surface area contributed by atoms with Gasteiger partial charge in [-0.25, -0.2) is 0 Å². The predicted molar refractivity (Wildman–Crippen MR) is 50.3 cm³/mol. The van der Waals surface area contributed by atoms with Gasteiger partial charge in [0.05, 0.1) is 3.23 Å². The lowest BCUT2D eigenvalue weighted by Crippen LogP contribution is -2.07. The highest BCUT2D eigenvalue weighted by molar-refractivity contribution is 9.25. The van der Waals surface area contributed by atoms with Crippen molar-refractivity contribution in [2.24, 2.45) is 0 Å². The van der Waals surface area contributed by atoms with E-state index in [1.165, 1.54) is 6.42 Å². The van der Waals surface area contributed by atoms with Crippen LogP contribution in [0.25, 0.3) is 0 Å². The third-order valence-corrected chi connectivity index (χ3v) is 2.50. The van der Waals surface area contributed by atoms with Gasteiger partial charge < -0.3 is 0 Å². The largest absolute Gasteiger partial charge is 0.103 e. The highest BCUT2D eigenvalue weighted by atomic mass is 79.9. The zero-order valence-electron chi connectivity index (χ0n) is 5.66. The van der Waals surface area contributed by atoms with Crippen molar-refractivity contribution in [3.05, 3.63) is 12.7 Å². The normalized spacial score (nSPS) is 11.4. The quantitative estimate of drug-likeness (QED) is 0.529. The van der Waals surface area contributed by atoms with Crippen molar-refractivity contribution in [1.29, 1.82) is 0 Å². The average Bonchev–Trinajstić information content (AvgIpc) is 1.64. The van der Waals surface area contributed by atoms with Gasteiger partial charge in [-0.2, -0.15) is 0 Å². The summed E-state index contributed by atoms with van der Waals surface area (Å²) in [5.41, 5.74) is 0. The molecule has 0 aliphatic rings. The summed E-state index contributed by atoms with van der Waals surface area (Å²) >= 11 is 7.10. The summed E-state index contributed by atoms with van der Waals surface area (Å²) in [6.07, 6.45) is 5.21. The van der Waals surface area contributed by atoms with E-state index in [9.17, 15) is 0 Å². The average molecular weight is 256 g/mol. The SMILES string of the molecule is C=CCC(Br)(Br)CCC. The maximum absolute atomic E-state index is 3.67. The molecule has 0 amide bonds. The van der Waals surface area contributed by atoms with E-state index in [1.807, 2.05) is 6.08 Å². The number of hydrogen-bond donors (Lipinski definition) is 0. The molecule has 0 nitrogen and oxygen atoms in total. The minimum atomic E-state index is 0.108. The molecule has 0 aromatic rings. The lowest BCUT2D eigenvalue weighted by molar-refractivity contribution is 0.726. The topological polar surface area (TPSA) is 0 Å². The van der Waals surface area contributed by atoms with Crippen LogP contribution in [0.2, 0.25) is 0 Å². The maximum atomic E-state index is 3.67. The summed E-state index contributed by atoms with van der Waals surface area (Å²) in [4.78, 5) is 0. The molecule has 2 heteroatoms. The van der Waals surface area contributed by atoms with E-state index in [2.05, 4.69) is 45.4 Å². The molecule has 0 bridgehead atoms. The lowest BCUT2D eigenvalue weighted by atomic mass is 10.2. The first-order chi connectivity index (χ1) is 4.12. The van der Waals surface area contributed by atoms with Gasteiger partial charge >= 0.3 is 0 Å². The van der Waals surface area contributed by atoms with Crippen molar-refractivity contribution in [1.82, 2.24) is 0 Å². The van der Waals surface area contributed by atoms with Gasteiger partial charge in [0, 0.05) is 0 Å². The van der Waals surface area contributed by atoms with Crippen molar-refractivity contribution >= 4 is 31.9 Å². The van der Waals surface area contributed by atoms with Crippen LogP contribution in [0.4, 0.5) is 0 Å². The second-order valence-electron chi connectivity index (χ2n) is 2.10. The molecule has 0 fully saturated rings. The van der Waals surface area contributed by atoms with E-state index >= 15 is 0 Å². The Morgan fingerprint density at radius 2 is 2.11 bits per heavy atom. The zero-order valence-corrected chi connectivity index (χ0v) is 8.83. The Kier molecular flexibility index (Phi) is 4.86. The number of alkyl halides is 2. The number of halogens is 2. The molecule has 0 unspecified atom stereocenters. The summed E-state index contributed by atoms with van der Waals surface area (Å²) in [5.74, 6) is 0. The zero-order chi connectivity index (χ0) is 7.33. The van der Waals surface area contributed by atoms with Crippen LogP contribution in [0.1, 0.15) is 26.2 Å². The van der Waals surface area contributed by atoms with Gasteiger partial charge in [-0.3, -0.25) is 0 Å². The van der Waals surface area contributed by atoms with Gasteiger partial charge in [0.1, 0.15) is 0 Å². The molecule has 0 aliphatic heterocycles. The molecule has 0 spiro atoms. The molecule has 0 aromatic carbocycles. The molecule has 0 saturated carbocycles. The van der Waals surface area contributed by atoms with Crippen molar-refractivity contribution in [3.63, 3.8) is 0 Å². The van der Waals surface area contributed by atoms with E-state index < -0.39 is 0 Å². The smallest absolute Gasteiger partial charge is 0.0839 e. The third-order valence-electron chi connectivity index (χ3n) is 1.06. The van der Waals surface area contributed by atoms with Gasteiger partial charge in [-0.15, -0.1) is 6.58 Å². The number of rotatable bonds is 4. The van der Waals surface area contributed by atoms with Crippen LogP contribution in [0, 0.1) is 0 Å². The summed E-state index contributed by atoms with van der Waals surface area (Å²) in [6, 6.07) is 0. The van der Waals surface area contributed by atoms with E-state index in [0.29, 0.717) is 0 Å². The molecule has 9 heavy (non-hydrogen) atoms. The number of allylic oxidation sites excluding steroid dienone is 1. The summed E-state index contributed by atoms with van der Waals surface area (Å²) in [6.45, 7) is 5.84. The first-order valence-electron chi connectivity index (χ1n) is 3.11. The first-order valence-corrected chi connectivity index (χ1v) is 4.69. The molecule has 0 radical (unpaired) electrons. The standard InChI is InChI=1S/C7H12Br2/c1-3-5-7(8,9)6-4-2/h3H,1,4-6H2,2H3. The Bertz CT molecular complexity index is 86.9. The molecule has 0 atom stereocenters. The predicted octanol–water partition coefficient (Wildman–Crippen LogP) is 3.85. The molecular weight excluding hydrogens is 244 g/mol.